The maximum absolute atomic E-state index is 10.4. The van der Waals surface area contributed by atoms with Crippen molar-refractivity contribution in [2.24, 2.45) is 0 Å². The number of unbranched alkanes of at least 4 members (excludes halogenated alkanes) is 4. The molecule has 0 saturated heterocycles. The molecule has 0 saturated carbocycles. The summed E-state index contributed by atoms with van der Waals surface area (Å²) < 4.78 is 1.42. The molecular formula is C22H41NO2. The maximum Gasteiger partial charge on any atom is 0.107 e. The fraction of sp³-hybridized carbons (Fsp3) is 0.727. The first-order valence-electron chi connectivity index (χ1n) is 10.3. The minimum atomic E-state index is -0.326. The summed E-state index contributed by atoms with van der Waals surface area (Å²) in [5.41, 5.74) is 0. The Kier molecular flexibility index (Phi) is 14.3. The summed E-state index contributed by atoms with van der Waals surface area (Å²) in [4.78, 5) is 0. The quantitative estimate of drug-likeness (QED) is 0.507. The fourth-order valence-corrected chi connectivity index (χ4v) is 3.10. The molecule has 0 bridgehead atoms. The van der Waals surface area contributed by atoms with Crippen molar-refractivity contribution in [3.8, 4) is 11.5 Å². The first kappa shape index (κ1) is 23.8. The summed E-state index contributed by atoms with van der Waals surface area (Å²) in [7, 11) is 0. The molecule has 0 spiro atoms. The van der Waals surface area contributed by atoms with Crippen LogP contribution in [0.1, 0.15) is 79.1 Å². The lowest BCUT2D eigenvalue weighted by Crippen LogP contribution is -2.50. The van der Waals surface area contributed by atoms with Crippen LogP contribution in [0, 0.1) is 0 Å². The zero-order chi connectivity index (χ0) is 19.0. The van der Waals surface area contributed by atoms with Gasteiger partial charge in [-0.3, -0.25) is 0 Å². The summed E-state index contributed by atoms with van der Waals surface area (Å²) in [5.74, 6) is -0.514. The van der Waals surface area contributed by atoms with Crippen molar-refractivity contribution in [1.82, 2.24) is 0 Å². The number of quaternary nitrogens is 1. The highest BCUT2D eigenvalue weighted by molar-refractivity contribution is 5.35. The number of rotatable bonds is 12. The van der Waals surface area contributed by atoms with Crippen molar-refractivity contribution in [1.29, 1.82) is 0 Å². The maximum atomic E-state index is 10.4. The lowest BCUT2D eigenvalue weighted by Gasteiger charge is -2.39. The molecule has 0 amide bonds. The summed E-state index contributed by atoms with van der Waals surface area (Å²) in [6.07, 6.45) is 11.1. The van der Waals surface area contributed by atoms with E-state index in [4.69, 9.17) is 5.11 Å². The molecule has 0 atom stereocenters. The predicted molar refractivity (Wildman–Crippen MR) is 107 cm³/mol. The Bertz CT molecular complexity index is 362. The van der Waals surface area contributed by atoms with E-state index in [9.17, 15) is 5.11 Å². The van der Waals surface area contributed by atoms with Gasteiger partial charge in [-0.1, -0.05) is 77.3 Å². The molecule has 1 aromatic carbocycles. The van der Waals surface area contributed by atoms with E-state index < -0.39 is 0 Å². The predicted octanol–water partition coefficient (Wildman–Crippen LogP) is 5.47. The number of para-hydroxylation sites is 2. The highest BCUT2D eigenvalue weighted by Crippen LogP contribution is 2.18. The van der Waals surface area contributed by atoms with E-state index >= 15 is 0 Å². The molecule has 0 aromatic heterocycles. The molecule has 25 heavy (non-hydrogen) atoms. The van der Waals surface area contributed by atoms with Crippen LogP contribution in [0.25, 0.3) is 0 Å². The standard InChI is InChI=1S/C16H36N.C6H6O2/c1-5-9-13-17(14-10-6-2,15-11-7-3)16-12-8-4;7-5-3-1-2-4-6(5)8/h5-16H2,1-4H3;1-4,7-8H/q+1;/p-1. The first-order chi connectivity index (χ1) is 12.0. The second-order valence-electron chi connectivity index (χ2n) is 7.12. The number of phenols is 1. The number of benzene rings is 1. The van der Waals surface area contributed by atoms with Crippen LogP contribution < -0.4 is 5.11 Å². The third-order valence-electron chi connectivity index (χ3n) is 4.81. The van der Waals surface area contributed by atoms with Crippen molar-refractivity contribution in [3.05, 3.63) is 24.3 Å². The van der Waals surface area contributed by atoms with Crippen LogP contribution in [0.2, 0.25) is 0 Å². The minimum Gasteiger partial charge on any atom is -0.870 e. The summed E-state index contributed by atoms with van der Waals surface area (Å²) in [6, 6.07) is 5.87. The zero-order valence-electron chi connectivity index (χ0n) is 17.1. The van der Waals surface area contributed by atoms with E-state index in [0.29, 0.717) is 0 Å². The SMILES string of the molecule is CCCC[N+](CCCC)(CCCC)CCCC.[O-]c1ccccc1O. The molecule has 1 rings (SSSR count). The van der Waals surface area contributed by atoms with Crippen LogP contribution in [-0.4, -0.2) is 35.8 Å². The van der Waals surface area contributed by atoms with Crippen LogP contribution in [0.5, 0.6) is 11.5 Å². The van der Waals surface area contributed by atoms with Crippen molar-refractivity contribution < 1.29 is 14.7 Å². The molecule has 0 aliphatic heterocycles. The minimum absolute atomic E-state index is 0.187. The lowest BCUT2D eigenvalue weighted by atomic mass is 10.1. The fourth-order valence-electron chi connectivity index (χ4n) is 3.10. The normalized spacial score (nSPS) is 11.0. The van der Waals surface area contributed by atoms with Gasteiger partial charge in [0.1, 0.15) is 5.75 Å². The van der Waals surface area contributed by atoms with Gasteiger partial charge in [0.15, 0.2) is 0 Å². The first-order valence-corrected chi connectivity index (χ1v) is 10.3. The second-order valence-corrected chi connectivity index (χ2v) is 7.12. The van der Waals surface area contributed by atoms with Crippen molar-refractivity contribution in [2.45, 2.75) is 79.1 Å². The number of phenolic OH excluding ortho intramolecular Hbond substituents is 1. The van der Waals surface area contributed by atoms with Gasteiger partial charge in [-0.25, -0.2) is 0 Å². The number of aromatic hydroxyl groups is 1. The van der Waals surface area contributed by atoms with E-state index in [1.807, 2.05) is 0 Å². The molecule has 0 radical (unpaired) electrons. The van der Waals surface area contributed by atoms with Gasteiger partial charge in [-0.2, -0.15) is 0 Å². The van der Waals surface area contributed by atoms with Gasteiger partial charge >= 0.3 is 0 Å². The van der Waals surface area contributed by atoms with Crippen molar-refractivity contribution in [3.63, 3.8) is 0 Å². The largest absolute Gasteiger partial charge is 0.870 e. The number of nitrogens with zero attached hydrogens (tertiary/aromatic N) is 1. The van der Waals surface area contributed by atoms with Crippen LogP contribution in [0.15, 0.2) is 24.3 Å². The summed E-state index contributed by atoms with van der Waals surface area (Å²) in [6.45, 7) is 15.0. The van der Waals surface area contributed by atoms with E-state index in [1.54, 1.807) is 12.1 Å². The van der Waals surface area contributed by atoms with E-state index in [1.165, 1.54) is 94.2 Å². The van der Waals surface area contributed by atoms with Crippen LogP contribution >= 0.6 is 0 Å². The Morgan fingerprint density at radius 1 is 0.720 bits per heavy atom. The Balaban J connectivity index is 0.000000593. The molecule has 0 fully saturated rings. The molecule has 0 heterocycles. The molecule has 0 unspecified atom stereocenters. The number of hydrogen-bond acceptors (Lipinski definition) is 2. The molecule has 3 nitrogen and oxygen atoms in total. The molecule has 3 heteroatoms. The van der Waals surface area contributed by atoms with Gasteiger partial charge in [0.2, 0.25) is 0 Å². The summed E-state index contributed by atoms with van der Waals surface area (Å²) >= 11 is 0. The molecule has 1 aromatic rings. The second kappa shape index (κ2) is 15.1. The van der Waals surface area contributed by atoms with E-state index in [0.717, 1.165) is 0 Å². The third-order valence-corrected chi connectivity index (χ3v) is 4.81. The summed E-state index contributed by atoms with van der Waals surface area (Å²) in [5, 5.41) is 19.0. The Morgan fingerprint density at radius 2 is 1.08 bits per heavy atom. The van der Waals surface area contributed by atoms with E-state index in [-0.39, 0.29) is 11.5 Å². The van der Waals surface area contributed by atoms with Crippen LogP contribution in [0.4, 0.5) is 0 Å². The highest BCUT2D eigenvalue weighted by atomic mass is 16.3. The Morgan fingerprint density at radius 3 is 1.32 bits per heavy atom. The smallest absolute Gasteiger partial charge is 0.107 e. The Labute approximate surface area is 156 Å². The van der Waals surface area contributed by atoms with Crippen molar-refractivity contribution >= 4 is 0 Å². The molecule has 146 valence electrons. The van der Waals surface area contributed by atoms with Gasteiger partial charge in [-0.05, 0) is 31.7 Å². The van der Waals surface area contributed by atoms with Crippen LogP contribution in [-0.2, 0) is 0 Å². The van der Waals surface area contributed by atoms with Crippen LogP contribution in [0.3, 0.4) is 0 Å². The van der Waals surface area contributed by atoms with Gasteiger partial charge in [0.25, 0.3) is 0 Å². The van der Waals surface area contributed by atoms with Gasteiger partial charge < -0.3 is 14.7 Å². The zero-order valence-corrected chi connectivity index (χ0v) is 17.1. The molecule has 0 aliphatic rings. The van der Waals surface area contributed by atoms with Crippen molar-refractivity contribution in [2.75, 3.05) is 26.2 Å². The van der Waals surface area contributed by atoms with Gasteiger partial charge in [0, 0.05) is 0 Å². The highest BCUT2D eigenvalue weighted by Gasteiger charge is 2.24. The van der Waals surface area contributed by atoms with Gasteiger partial charge in [0.05, 0.1) is 26.2 Å². The topological polar surface area (TPSA) is 43.3 Å². The Hall–Kier alpha value is -1.22. The molecule has 0 aliphatic carbocycles. The molecule has 1 N–H and O–H groups in total. The average molecular weight is 352 g/mol. The van der Waals surface area contributed by atoms with E-state index in [2.05, 4.69) is 27.7 Å². The number of hydrogen-bond donors (Lipinski definition) is 1. The third kappa shape index (κ3) is 11.1. The lowest BCUT2D eigenvalue weighted by molar-refractivity contribution is -0.929. The average Bonchev–Trinajstić information content (AvgIpc) is 2.63. The molecular weight excluding hydrogens is 310 g/mol. The van der Waals surface area contributed by atoms with Gasteiger partial charge in [-0.15, -0.1) is 0 Å². The monoisotopic (exact) mass is 351 g/mol.